The van der Waals surface area contributed by atoms with E-state index in [-0.39, 0.29) is 11.6 Å². The second kappa shape index (κ2) is 6.88. The van der Waals surface area contributed by atoms with Gasteiger partial charge in [0.2, 0.25) is 0 Å². The van der Waals surface area contributed by atoms with Crippen molar-refractivity contribution >= 4 is 17.3 Å². The van der Waals surface area contributed by atoms with Gasteiger partial charge in [-0.3, -0.25) is 10.1 Å². The Morgan fingerprint density at radius 3 is 2.60 bits per heavy atom. The Morgan fingerprint density at radius 2 is 2.10 bits per heavy atom. The molecule has 0 aliphatic rings. The fourth-order valence-corrected chi connectivity index (χ4v) is 1.99. The molecule has 0 amide bonds. The summed E-state index contributed by atoms with van der Waals surface area (Å²) < 4.78 is 4.75. The molecule has 0 aromatic heterocycles. The van der Waals surface area contributed by atoms with Crippen LogP contribution in [0.15, 0.2) is 18.2 Å². The van der Waals surface area contributed by atoms with Gasteiger partial charge in [-0.1, -0.05) is 26.0 Å². The van der Waals surface area contributed by atoms with Crippen molar-refractivity contribution in [3.8, 4) is 0 Å². The average molecular weight is 280 g/mol. The van der Waals surface area contributed by atoms with E-state index in [0.717, 1.165) is 5.56 Å². The van der Waals surface area contributed by atoms with Gasteiger partial charge in [0.1, 0.15) is 11.7 Å². The lowest BCUT2D eigenvalue weighted by Crippen LogP contribution is -2.32. The van der Waals surface area contributed by atoms with E-state index in [9.17, 15) is 14.9 Å². The maximum atomic E-state index is 11.8. The summed E-state index contributed by atoms with van der Waals surface area (Å²) in [4.78, 5) is 22.4. The molecule has 0 radical (unpaired) electrons. The number of nitro benzene ring substituents is 1. The van der Waals surface area contributed by atoms with Crippen molar-refractivity contribution in [2.24, 2.45) is 5.92 Å². The Kier molecular flexibility index (Phi) is 5.49. The Morgan fingerprint density at radius 1 is 1.45 bits per heavy atom. The summed E-state index contributed by atoms with van der Waals surface area (Å²) in [5.74, 6) is -0.161. The first-order valence-electron chi connectivity index (χ1n) is 6.45. The van der Waals surface area contributed by atoms with Crippen LogP contribution in [-0.2, 0) is 9.53 Å². The summed E-state index contributed by atoms with van der Waals surface area (Å²) in [6.45, 7) is 5.72. The second-order valence-corrected chi connectivity index (χ2v) is 5.08. The van der Waals surface area contributed by atoms with Crippen LogP contribution in [0, 0.1) is 23.0 Å². The van der Waals surface area contributed by atoms with Gasteiger partial charge in [0.15, 0.2) is 0 Å². The van der Waals surface area contributed by atoms with Gasteiger partial charge in [0, 0.05) is 6.07 Å². The van der Waals surface area contributed by atoms with E-state index in [1.165, 1.54) is 13.2 Å². The number of esters is 1. The standard InChI is InChI=1S/C14H20N2O4/c1-9(2)8-11(14(17)20-4)15-13-10(3)6-5-7-12(13)16(18)19/h5-7,9,11,15H,8H2,1-4H3. The monoisotopic (exact) mass is 280 g/mol. The summed E-state index contributed by atoms with van der Waals surface area (Å²) >= 11 is 0. The molecular formula is C14H20N2O4. The minimum atomic E-state index is -0.597. The first-order valence-corrected chi connectivity index (χ1v) is 6.45. The highest BCUT2D eigenvalue weighted by Crippen LogP contribution is 2.29. The van der Waals surface area contributed by atoms with Crippen LogP contribution in [0.1, 0.15) is 25.8 Å². The molecule has 0 fully saturated rings. The predicted molar refractivity (Wildman–Crippen MR) is 76.7 cm³/mol. The summed E-state index contributed by atoms with van der Waals surface area (Å²) in [7, 11) is 1.31. The third-order valence-electron chi connectivity index (χ3n) is 2.96. The summed E-state index contributed by atoms with van der Waals surface area (Å²) in [5.41, 5.74) is 1.05. The van der Waals surface area contributed by atoms with Gasteiger partial charge in [-0.05, 0) is 24.8 Å². The lowest BCUT2D eigenvalue weighted by molar-refractivity contribution is -0.384. The zero-order valence-corrected chi connectivity index (χ0v) is 12.2. The Bertz CT molecular complexity index is 500. The van der Waals surface area contributed by atoms with Crippen molar-refractivity contribution in [1.29, 1.82) is 0 Å². The Hall–Kier alpha value is -2.11. The number of anilines is 1. The van der Waals surface area contributed by atoms with Crippen molar-refractivity contribution in [2.45, 2.75) is 33.2 Å². The SMILES string of the molecule is COC(=O)C(CC(C)C)Nc1c(C)cccc1[N+](=O)[O-]. The highest BCUT2D eigenvalue weighted by molar-refractivity contribution is 5.81. The van der Waals surface area contributed by atoms with Gasteiger partial charge in [-0.25, -0.2) is 4.79 Å². The lowest BCUT2D eigenvalue weighted by Gasteiger charge is -2.20. The van der Waals surface area contributed by atoms with Crippen LogP contribution in [0.25, 0.3) is 0 Å². The summed E-state index contributed by atoms with van der Waals surface area (Å²) in [6, 6.07) is 4.20. The highest BCUT2D eigenvalue weighted by atomic mass is 16.6. The first-order chi connectivity index (χ1) is 9.36. The maximum absolute atomic E-state index is 11.8. The normalized spacial score (nSPS) is 12.1. The third kappa shape index (κ3) is 3.94. The molecule has 1 unspecified atom stereocenters. The van der Waals surface area contributed by atoms with Crippen molar-refractivity contribution in [3.05, 3.63) is 33.9 Å². The van der Waals surface area contributed by atoms with Crippen LogP contribution >= 0.6 is 0 Å². The van der Waals surface area contributed by atoms with Gasteiger partial charge >= 0.3 is 5.97 Å². The first kappa shape index (κ1) is 15.9. The quantitative estimate of drug-likeness (QED) is 0.492. The molecule has 6 nitrogen and oxygen atoms in total. The molecule has 0 aliphatic heterocycles. The van der Waals surface area contributed by atoms with E-state index < -0.39 is 16.9 Å². The number of hydrogen-bond donors (Lipinski definition) is 1. The van der Waals surface area contributed by atoms with Crippen LogP contribution in [0.2, 0.25) is 0 Å². The van der Waals surface area contributed by atoms with Crippen LogP contribution in [0.5, 0.6) is 0 Å². The molecule has 110 valence electrons. The molecule has 0 spiro atoms. The van der Waals surface area contributed by atoms with Crippen molar-refractivity contribution in [1.82, 2.24) is 0 Å². The van der Waals surface area contributed by atoms with Gasteiger partial charge in [0.25, 0.3) is 5.69 Å². The predicted octanol–water partition coefficient (Wildman–Crippen LogP) is 2.90. The molecule has 1 aromatic rings. The fraction of sp³-hybridized carbons (Fsp3) is 0.500. The van der Waals surface area contributed by atoms with E-state index in [0.29, 0.717) is 12.1 Å². The highest BCUT2D eigenvalue weighted by Gasteiger charge is 2.25. The molecule has 1 rings (SSSR count). The number of benzene rings is 1. The fourth-order valence-electron chi connectivity index (χ4n) is 1.99. The number of carbonyl (C=O) groups is 1. The van der Waals surface area contributed by atoms with Gasteiger partial charge in [-0.15, -0.1) is 0 Å². The number of carbonyl (C=O) groups excluding carboxylic acids is 1. The zero-order chi connectivity index (χ0) is 15.3. The minimum Gasteiger partial charge on any atom is -0.467 e. The number of para-hydroxylation sites is 1. The molecule has 1 aromatic carbocycles. The Balaban J connectivity index is 3.10. The van der Waals surface area contributed by atoms with E-state index in [2.05, 4.69) is 5.32 Å². The van der Waals surface area contributed by atoms with Crippen LogP contribution < -0.4 is 5.32 Å². The van der Waals surface area contributed by atoms with Crippen LogP contribution in [0.3, 0.4) is 0 Å². The number of rotatable bonds is 6. The number of hydrogen-bond acceptors (Lipinski definition) is 5. The summed E-state index contributed by atoms with van der Waals surface area (Å²) in [5, 5.41) is 14.0. The smallest absolute Gasteiger partial charge is 0.328 e. The largest absolute Gasteiger partial charge is 0.467 e. The van der Waals surface area contributed by atoms with Gasteiger partial charge in [-0.2, -0.15) is 0 Å². The molecule has 20 heavy (non-hydrogen) atoms. The molecule has 0 saturated heterocycles. The number of nitrogens with zero attached hydrogens (tertiary/aromatic N) is 1. The zero-order valence-electron chi connectivity index (χ0n) is 12.2. The van der Waals surface area contributed by atoms with Crippen molar-refractivity contribution < 1.29 is 14.5 Å². The molecule has 1 N–H and O–H groups in total. The van der Waals surface area contributed by atoms with Gasteiger partial charge < -0.3 is 10.1 Å². The number of nitro groups is 1. The molecule has 0 saturated carbocycles. The van der Waals surface area contributed by atoms with Crippen molar-refractivity contribution in [3.63, 3.8) is 0 Å². The minimum absolute atomic E-state index is 0.0392. The van der Waals surface area contributed by atoms with Gasteiger partial charge in [0.05, 0.1) is 12.0 Å². The average Bonchev–Trinajstić information content (AvgIpc) is 2.38. The molecule has 0 aliphatic carbocycles. The molecule has 1 atom stereocenters. The van der Waals surface area contributed by atoms with E-state index in [1.807, 2.05) is 13.8 Å². The lowest BCUT2D eigenvalue weighted by atomic mass is 10.0. The number of nitrogens with one attached hydrogen (secondary N) is 1. The number of aryl methyl sites for hydroxylation is 1. The third-order valence-corrected chi connectivity index (χ3v) is 2.96. The maximum Gasteiger partial charge on any atom is 0.328 e. The molecule has 6 heteroatoms. The van der Waals surface area contributed by atoms with Crippen molar-refractivity contribution in [2.75, 3.05) is 12.4 Å². The van der Waals surface area contributed by atoms with E-state index in [4.69, 9.17) is 4.74 Å². The number of methoxy groups -OCH3 is 1. The van der Waals surface area contributed by atoms with Crippen LogP contribution in [-0.4, -0.2) is 24.0 Å². The second-order valence-electron chi connectivity index (χ2n) is 5.08. The Labute approximate surface area is 118 Å². The number of ether oxygens (including phenoxy) is 1. The topological polar surface area (TPSA) is 81.5 Å². The summed E-state index contributed by atoms with van der Waals surface area (Å²) in [6.07, 6.45) is 0.540. The van der Waals surface area contributed by atoms with E-state index >= 15 is 0 Å². The molecular weight excluding hydrogens is 260 g/mol. The molecule has 0 bridgehead atoms. The molecule has 0 heterocycles. The van der Waals surface area contributed by atoms with Crippen LogP contribution in [0.4, 0.5) is 11.4 Å². The van der Waals surface area contributed by atoms with E-state index in [1.54, 1.807) is 19.1 Å².